The van der Waals surface area contributed by atoms with Crippen molar-refractivity contribution in [1.82, 2.24) is 0 Å². The summed E-state index contributed by atoms with van der Waals surface area (Å²) in [6, 6.07) is 21.5. The Morgan fingerprint density at radius 2 is 1.10 bits per heavy atom. The van der Waals surface area contributed by atoms with Crippen LogP contribution in [0.25, 0.3) is 42.4 Å². The van der Waals surface area contributed by atoms with E-state index in [1.165, 1.54) is 92.4 Å². The van der Waals surface area contributed by atoms with Crippen LogP contribution in [0.4, 0.5) is 17.1 Å². The third kappa shape index (κ3) is 4.92. The molecule has 0 bridgehead atoms. The van der Waals surface area contributed by atoms with Crippen LogP contribution in [0.1, 0.15) is 153 Å². The van der Waals surface area contributed by atoms with Gasteiger partial charge in [-0.3, -0.25) is 0 Å². The molecule has 0 amide bonds. The molecule has 1 nitrogen and oxygen atoms in total. The monoisotopic (exact) mass is 859 g/mol. The normalized spacial score (nSPS) is 21.7. The van der Waals surface area contributed by atoms with E-state index in [9.17, 15) is 0 Å². The van der Waals surface area contributed by atoms with Crippen LogP contribution in [0.15, 0.2) is 60.0 Å². The molecule has 0 saturated heterocycles. The molecular weight excluding hydrogens is 802 g/mol. The average molecular weight is 860 g/mol. The lowest BCUT2D eigenvalue weighted by molar-refractivity contribution is 0.338. The summed E-state index contributed by atoms with van der Waals surface area (Å²) >= 11 is 8.41. The summed E-state index contributed by atoms with van der Waals surface area (Å²) in [5.74, 6) is 0. The predicted octanol–water partition coefficient (Wildman–Crippen LogP) is 15.2. The molecule has 7 aromatic rings. The van der Waals surface area contributed by atoms with Crippen LogP contribution in [-0.2, 0) is 32.5 Å². The Morgan fingerprint density at radius 1 is 0.517 bits per heavy atom. The SMILES string of the molecule is CC1(C)CCC(C)(C)c2c(N3c4cc(-c5cccc6c5sc5ccccc56)cc5c4B(c4sc6c(c4-5)C(C)(C)CCC6(C)C)c4sc5c(c43)C(C)(C)CCC5(C)C)csc21. The molecule has 4 aromatic heterocycles. The highest BCUT2D eigenvalue weighted by Crippen LogP contribution is 2.61. The summed E-state index contributed by atoms with van der Waals surface area (Å²) in [5, 5.41) is 5.34. The first kappa shape index (κ1) is 38.5. The second-order valence-corrected chi connectivity index (χ2v) is 27.2. The zero-order valence-corrected chi connectivity index (χ0v) is 40.9. The highest BCUT2D eigenvalue weighted by atomic mass is 32.1. The van der Waals surface area contributed by atoms with Crippen molar-refractivity contribution in [3.8, 4) is 22.3 Å². The summed E-state index contributed by atoms with van der Waals surface area (Å²) in [5.41, 5.74) is 17.4. The number of hydrogen-bond acceptors (Lipinski definition) is 5. The van der Waals surface area contributed by atoms with E-state index in [-0.39, 0.29) is 39.2 Å². The van der Waals surface area contributed by atoms with Gasteiger partial charge in [0, 0.05) is 50.6 Å². The predicted molar refractivity (Wildman–Crippen MR) is 269 cm³/mol. The highest BCUT2D eigenvalue weighted by Gasteiger charge is 2.55. The van der Waals surface area contributed by atoms with Crippen molar-refractivity contribution in [2.45, 2.75) is 154 Å². The molecule has 5 aliphatic rings. The van der Waals surface area contributed by atoms with Crippen LogP contribution in [0.2, 0.25) is 0 Å². The summed E-state index contributed by atoms with van der Waals surface area (Å²) in [4.78, 5) is 7.78. The van der Waals surface area contributed by atoms with E-state index < -0.39 is 0 Å². The molecule has 0 fully saturated rings. The molecule has 6 heterocycles. The van der Waals surface area contributed by atoms with Gasteiger partial charge in [-0.2, -0.15) is 22.7 Å². The largest absolute Gasteiger partial charge is 0.309 e. The van der Waals surface area contributed by atoms with Gasteiger partial charge in [-0.1, -0.05) is 119 Å². The van der Waals surface area contributed by atoms with Gasteiger partial charge in [0.1, 0.15) is 0 Å². The van der Waals surface area contributed by atoms with Crippen molar-refractivity contribution in [2.24, 2.45) is 0 Å². The summed E-state index contributed by atoms with van der Waals surface area (Å²) < 4.78 is 6.01. The van der Waals surface area contributed by atoms with Crippen molar-refractivity contribution in [3.05, 3.63) is 91.3 Å². The first-order chi connectivity index (χ1) is 28.2. The quantitative estimate of drug-likeness (QED) is 0.157. The van der Waals surface area contributed by atoms with Crippen LogP contribution in [0.5, 0.6) is 0 Å². The number of rotatable bonds is 2. The Balaban J connectivity index is 1.26. The fraction of sp³-hybridized carbons (Fsp3) is 0.444. The van der Waals surface area contributed by atoms with Crippen molar-refractivity contribution >= 4 is 104 Å². The number of thiophene rings is 4. The van der Waals surface area contributed by atoms with Gasteiger partial charge in [-0.15, -0.1) is 22.7 Å². The van der Waals surface area contributed by atoms with E-state index in [2.05, 4.69) is 171 Å². The van der Waals surface area contributed by atoms with Gasteiger partial charge in [0.05, 0.1) is 11.4 Å². The Morgan fingerprint density at radius 3 is 1.82 bits per heavy atom. The molecule has 0 saturated carbocycles. The molecule has 2 aliphatic heterocycles. The van der Waals surface area contributed by atoms with Gasteiger partial charge in [0.25, 0.3) is 6.71 Å². The van der Waals surface area contributed by atoms with Crippen molar-refractivity contribution in [3.63, 3.8) is 0 Å². The van der Waals surface area contributed by atoms with Gasteiger partial charge < -0.3 is 4.90 Å². The van der Waals surface area contributed by atoms with Crippen LogP contribution in [0, 0.1) is 0 Å². The zero-order valence-electron chi connectivity index (χ0n) is 37.7. The fourth-order valence-corrected chi connectivity index (χ4v) is 18.6. The smallest absolute Gasteiger partial charge is 0.273 e. The minimum Gasteiger partial charge on any atom is -0.309 e. The first-order valence-corrected chi connectivity index (χ1v) is 25.9. The van der Waals surface area contributed by atoms with E-state index in [0.717, 1.165) is 0 Å². The Hall–Kier alpha value is -3.16. The lowest BCUT2D eigenvalue weighted by Gasteiger charge is -2.45. The number of fused-ring (bicyclic) bond motifs is 13. The minimum atomic E-state index is 0.0682. The highest BCUT2D eigenvalue weighted by molar-refractivity contribution is 7.37. The Kier molecular flexibility index (Phi) is 7.63. The van der Waals surface area contributed by atoms with Gasteiger partial charge in [-0.05, 0) is 138 Å². The summed E-state index contributed by atoms with van der Waals surface area (Å²) in [6.07, 6.45) is 7.35. The molecule has 3 aliphatic carbocycles. The van der Waals surface area contributed by atoms with Gasteiger partial charge in [0.2, 0.25) is 0 Å². The van der Waals surface area contributed by atoms with E-state index >= 15 is 0 Å². The first-order valence-electron chi connectivity index (χ1n) is 22.6. The maximum atomic E-state index is 2.90. The lowest BCUT2D eigenvalue weighted by atomic mass is 9.42. The van der Waals surface area contributed by atoms with Gasteiger partial charge in [0.15, 0.2) is 0 Å². The van der Waals surface area contributed by atoms with E-state index in [4.69, 9.17) is 0 Å². The number of anilines is 3. The summed E-state index contributed by atoms with van der Waals surface area (Å²) in [7, 11) is 0. The standard InChI is InChI=1S/C54H58BNS4/c1-49(2)20-23-52(7,8)44-38(49)35(28-57-44)56-34-27-29(30-17-15-18-32-31-16-13-14-19-36(31)58-43(30)32)26-33-37-39-45(53(9,10)24-21-50(39,3)4)59-47(37)55(41(33)34)48-42(56)40-46(60-48)54(11,12)25-22-51(40,5)6/h13-19,26-28H,20-25H2,1-12H3. The second kappa shape index (κ2) is 11.9. The van der Waals surface area contributed by atoms with Gasteiger partial charge in [-0.25, -0.2) is 0 Å². The number of nitrogens with zero attached hydrogens (tertiary/aromatic N) is 1. The minimum absolute atomic E-state index is 0.0682. The number of benzene rings is 3. The second-order valence-electron chi connectivity index (χ2n) is 23.2. The van der Waals surface area contributed by atoms with Crippen LogP contribution < -0.4 is 19.9 Å². The van der Waals surface area contributed by atoms with E-state index in [1.54, 1.807) is 51.9 Å². The fourth-order valence-electron chi connectivity index (χ4n) is 12.5. The van der Waals surface area contributed by atoms with E-state index in [1.807, 2.05) is 22.7 Å². The topological polar surface area (TPSA) is 3.24 Å². The van der Waals surface area contributed by atoms with Crippen molar-refractivity contribution in [1.29, 1.82) is 0 Å². The molecule has 0 N–H and O–H groups in total. The van der Waals surface area contributed by atoms with E-state index in [0.29, 0.717) is 0 Å². The maximum Gasteiger partial charge on any atom is 0.273 e. The van der Waals surface area contributed by atoms with Crippen LogP contribution >= 0.6 is 45.3 Å². The third-order valence-corrected chi connectivity index (χ3v) is 22.1. The molecule has 12 rings (SSSR count). The lowest BCUT2D eigenvalue weighted by Crippen LogP contribution is -2.53. The summed E-state index contributed by atoms with van der Waals surface area (Å²) in [6.45, 7) is 30.7. The molecule has 0 spiro atoms. The average Bonchev–Trinajstić information content (AvgIpc) is 4.01. The van der Waals surface area contributed by atoms with Crippen molar-refractivity contribution < 1.29 is 0 Å². The number of hydrogen-bond donors (Lipinski definition) is 0. The zero-order chi connectivity index (χ0) is 41.8. The Bertz CT molecular complexity index is 3020. The molecule has 0 radical (unpaired) electrons. The maximum absolute atomic E-state index is 2.90. The molecule has 60 heavy (non-hydrogen) atoms. The third-order valence-electron chi connectivity index (χ3n) is 16.3. The van der Waals surface area contributed by atoms with Crippen molar-refractivity contribution in [2.75, 3.05) is 4.90 Å². The molecule has 3 aromatic carbocycles. The Labute approximate surface area is 374 Å². The molecule has 0 atom stereocenters. The molecule has 6 heteroatoms. The van der Waals surface area contributed by atoms with Crippen LogP contribution in [0.3, 0.4) is 0 Å². The molecular formula is C54H58BNS4. The molecule has 0 unspecified atom stereocenters. The van der Waals surface area contributed by atoms with Gasteiger partial charge >= 0.3 is 0 Å². The van der Waals surface area contributed by atoms with Crippen LogP contribution in [-0.4, -0.2) is 6.71 Å². The molecule has 306 valence electrons.